The van der Waals surface area contributed by atoms with E-state index in [9.17, 15) is 14.0 Å². The van der Waals surface area contributed by atoms with E-state index in [-0.39, 0.29) is 25.3 Å². The first-order chi connectivity index (χ1) is 16.1. The quantitative estimate of drug-likeness (QED) is 0.375. The van der Waals surface area contributed by atoms with Gasteiger partial charge in [-0.3, -0.25) is 0 Å². The van der Waals surface area contributed by atoms with Crippen molar-refractivity contribution >= 4 is 29.4 Å². The molecule has 1 heterocycles. The molecule has 1 aromatic carbocycles. The van der Waals surface area contributed by atoms with Crippen LogP contribution in [0.15, 0.2) is 36.3 Å². The molecule has 0 aliphatic rings. The Kier molecular flexibility index (Phi) is 9.80. The molecule has 3 N–H and O–H groups in total. The maximum Gasteiger partial charge on any atom is 0.407 e. The molecular formula is C24H31ClFN3O5. The maximum atomic E-state index is 13.3. The van der Waals surface area contributed by atoms with E-state index in [1.165, 1.54) is 0 Å². The van der Waals surface area contributed by atoms with Gasteiger partial charge in [0.1, 0.15) is 23.7 Å². The number of carbonyl (C=O) groups is 2. The van der Waals surface area contributed by atoms with Crippen LogP contribution < -0.4 is 15.4 Å². The number of benzene rings is 1. The van der Waals surface area contributed by atoms with Crippen LogP contribution >= 0.6 is 11.6 Å². The van der Waals surface area contributed by atoms with Crippen LogP contribution in [0, 0.1) is 6.92 Å². The van der Waals surface area contributed by atoms with Crippen LogP contribution in [-0.2, 0) is 16.0 Å². The van der Waals surface area contributed by atoms with Gasteiger partial charge < -0.3 is 29.8 Å². The Morgan fingerprint density at radius 2 is 2.00 bits per heavy atom. The molecule has 1 aromatic heterocycles. The van der Waals surface area contributed by atoms with E-state index in [0.29, 0.717) is 40.6 Å². The third-order valence-electron chi connectivity index (χ3n) is 4.48. The monoisotopic (exact) mass is 495 g/mol. The summed E-state index contributed by atoms with van der Waals surface area (Å²) in [5.74, 6) is -0.0965. The molecule has 2 aromatic rings. The number of amides is 1. The van der Waals surface area contributed by atoms with Gasteiger partial charge in [0.15, 0.2) is 0 Å². The molecule has 1 amide bonds. The summed E-state index contributed by atoms with van der Waals surface area (Å²) in [5, 5.41) is 6.04. The van der Waals surface area contributed by atoms with E-state index >= 15 is 0 Å². The number of nitrogens with one attached hydrogen (secondary N) is 3. The van der Waals surface area contributed by atoms with Gasteiger partial charge in [0.25, 0.3) is 0 Å². The Bertz CT molecular complexity index is 1030. The Morgan fingerprint density at radius 3 is 2.65 bits per heavy atom. The molecule has 2 rings (SSSR count). The van der Waals surface area contributed by atoms with Crippen LogP contribution in [0.5, 0.6) is 5.75 Å². The van der Waals surface area contributed by atoms with E-state index in [1.807, 2.05) is 13.0 Å². The van der Waals surface area contributed by atoms with Gasteiger partial charge in [-0.15, -0.1) is 0 Å². The van der Waals surface area contributed by atoms with Gasteiger partial charge in [-0.05, 0) is 51.8 Å². The van der Waals surface area contributed by atoms with E-state index in [0.717, 1.165) is 5.56 Å². The van der Waals surface area contributed by atoms with E-state index in [2.05, 4.69) is 15.6 Å². The highest BCUT2D eigenvalue weighted by molar-refractivity contribution is 6.32. The Hall–Kier alpha value is -3.20. The van der Waals surface area contributed by atoms with Gasteiger partial charge in [-0.2, -0.15) is 0 Å². The molecule has 0 bridgehead atoms. The molecule has 0 spiro atoms. The molecule has 186 valence electrons. The number of carbonyl (C=O) groups excluding carboxylic acids is 2. The number of H-pyrrole nitrogens is 1. The van der Waals surface area contributed by atoms with E-state index < -0.39 is 17.7 Å². The van der Waals surface area contributed by atoms with E-state index in [4.69, 9.17) is 25.8 Å². The molecule has 0 aliphatic heterocycles. The summed E-state index contributed by atoms with van der Waals surface area (Å²) in [6.45, 7) is 9.20. The summed E-state index contributed by atoms with van der Waals surface area (Å²) < 4.78 is 29.2. The van der Waals surface area contributed by atoms with Crippen LogP contribution in [0.2, 0.25) is 5.02 Å². The fourth-order valence-corrected chi connectivity index (χ4v) is 3.14. The minimum Gasteiger partial charge on any atom is -0.488 e. The van der Waals surface area contributed by atoms with Crippen LogP contribution in [-0.4, -0.2) is 42.4 Å². The zero-order valence-electron chi connectivity index (χ0n) is 20.0. The summed E-state index contributed by atoms with van der Waals surface area (Å²) in [5.41, 5.74) is 2.06. The van der Waals surface area contributed by atoms with Gasteiger partial charge in [-0.25, -0.2) is 14.0 Å². The molecule has 10 heteroatoms. The fraction of sp³-hybridized carbons (Fsp3) is 0.417. The van der Waals surface area contributed by atoms with Crippen molar-refractivity contribution in [3.05, 3.63) is 58.1 Å². The minimum absolute atomic E-state index is 0.0757. The molecule has 34 heavy (non-hydrogen) atoms. The summed E-state index contributed by atoms with van der Waals surface area (Å²) in [4.78, 5) is 26.8. The molecule has 0 fully saturated rings. The average Bonchev–Trinajstić information content (AvgIpc) is 3.13. The van der Waals surface area contributed by atoms with Crippen molar-refractivity contribution in [1.29, 1.82) is 0 Å². The van der Waals surface area contributed by atoms with Gasteiger partial charge in [0, 0.05) is 24.9 Å². The lowest BCUT2D eigenvalue weighted by molar-refractivity contribution is 0.0514. The first kappa shape index (κ1) is 27.0. The normalized spacial score (nSPS) is 11.7. The summed E-state index contributed by atoms with van der Waals surface area (Å²) in [7, 11) is 0. The second-order valence-electron chi connectivity index (χ2n) is 8.44. The second-order valence-corrected chi connectivity index (χ2v) is 8.81. The van der Waals surface area contributed by atoms with Crippen molar-refractivity contribution in [1.82, 2.24) is 10.3 Å². The number of aromatic amines is 1. The van der Waals surface area contributed by atoms with Crippen molar-refractivity contribution in [2.45, 2.75) is 46.8 Å². The Morgan fingerprint density at radius 1 is 1.26 bits per heavy atom. The van der Waals surface area contributed by atoms with Crippen LogP contribution in [0.1, 0.15) is 49.3 Å². The Balaban J connectivity index is 1.99. The number of anilines is 1. The molecule has 0 aliphatic carbocycles. The highest BCUT2D eigenvalue weighted by atomic mass is 35.5. The first-order valence-electron chi connectivity index (χ1n) is 10.8. The fourth-order valence-electron chi connectivity index (χ4n) is 2.89. The third kappa shape index (κ3) is 7.98. The summed E-state index contributed by atoms with van der Waals surface area (Å²) in [6.07, 6.45) is 1.44. The largest absolute Gasteiger partial charge is 0.488 e. The molecule has 0 radical (unpaired) electrons. The third-order valence-corrected chi connectivity index (χ3v) is 4.91. The smallest absolute Gasteiger partial charge is 0.407 e. The second kappa shape index (κ2) is 12.3. The van der Waals surface area contributed by atoms with Gasteiger partial charge >= 0.3 is 12.1 Å². The highest BCUT2D eigenvalue weighted by Gasteiger charge is 2.18. The van der Waals surface area contributed by atoms with Gasteiger partial charge in [0.2, 0.25) is 0 Å². The van der Waals surface area contributed by atoms with Crippen molar-refractivity contribution < 1.29 is 28.2 Å². The number of rotatable bonds is 10. The molecule has 0 saturated heterocycles. The molecular weight excluding hydrogens is 465 g/mol. The minimum atomic E-state index is -0.655. The number of aromatic nitrogens is 1. The standard InChI is InChI=1S/C24H31ClFN3O5/c1-6-32-22(30)21-20(15(2)11-27-21)28-13-17-8-7-9-18(19(17)25)33-14-16(10-26)12-29-23(31)34-24(3,4)5/h7-11,27-28H,6,12-14H2,1-5H3,(H,29,31)/b16-10+. The lowest BCUT2D eigenvalue weighted by atomic mass is 10.2. The lowest BCUT2D eigenvalue weighted by Crippen LogP contribution is -2.34. The van der Waals surface area contributed by atoms with Gasteiger partial charge in [-0.1, -0.05) is 23.7 Å². The molecule has 0 unspecified atom stereocenters. The topological polar surface area (TPSA) is 102 Å². The molecule has 0 atom stereocenters. The number of esters is 1. The number of halogens is 2. The predicted molar refractivity (Wildman–Crippen MR) is 129 cm³/mol. The van der Waals surface area contributed by atoms with Crippen molar-refractivity contribution in [2.24, 2.45) is 0 Å². The first-order valence-corrected chi connectivity index (χ1v) is 11.2. The van der Waals surface area contributed by atoms with Crippen molar-refractivity contribution in [3.63, 3.8) is 0 Å². The predicted octanol–water partition coefficient (Wildman–Crippen LogP) is 5.52. The number of alkyl carbamates (subject to hydrolysis) is 1. The van der Waals surface area contributed by atoms with Crippen LogP contribution in [0.25, 0.3) is 0 Å². The summed E-state index contributed by atoms with van der Waals surface area (Å²) in [6, 6.07) is 5.23. The van der Waals surface area contributed by atoms with Gasteiger partial charge in [0.05, 0.1) is 23.6 Å². The highest BCUT2D eigenvalue weighted by Crippen LogP contribution is 2.30. The number of hydrogen-bond acceptors (Lipinski definition) is 6. The molecule has 0 saturated carbocycles. The Labute approximate surface area is 203 Å². The average molecular weight is 496 g/mol. The van der Waals surface area contributed by atoms with Crippen molar-refractivity contribution in [3.8, 4) is 5.75 Å². The number of aryl methyl sites for hydroxylation is 1. The van der Waals surface area contributed by atoms with Crippen LogP contribution in [0.3, 0.4) is 0 Å². The van der Waals surface area contributed by atoms with Crippen LogP contribution in [0.4, 0.5) is 14.9 Å². The summed E-state index contributed by atoms with van der Waals surface area (Å²) >= 11 is 6.50. The maximum absolute atomic E-state index is 13.3. The zero-order valence-corrected chi connectivity index (χ0v) is 20.8. The lowest BCUT2D eigenvalue weighted by Gasteiger charge is -2.20. The van der Waals surface area contributed by atoms with Crippen molar-refractivity contribution in [2.75, 3.05) is 25.1 Å². The SMILES string of the molecule is CCOC(=O)c1[nH]cc(C)c1NCc1cccc(OC/C(=C/F)CNC(=O)OC(C)(C)C)c1Cl. The van der Waals surface area contributed by atoms with E-state index in [1.54, 1.807) is 46.0 Å². The molecule has 8 nitrogen and oxygen atoms in total. The number of ether oxygens (including phenoxy) is 3. The number of hydrogen-bond donors (Lipinski definition) is 3. The zero-order chi connectivity index (χ0) is 25.3.